The number of carbonyl (C=O) groups is 1. The highest BCUT2D eigenvalue weighted by Crippen LogP contribution is 2.24. The molecule has 6 nitrogen and oxygen atoms in total. The summed E-state index contributed by atoms with van der Waals surface area (Å²) < 4.78 is 0. The minimum atomic E-state index is -0.0419. The van der Waals surface area contributed by atoms with Gasteiger partial charge in [-0.05, 0) is 67.3 Å². The Bertz CT molecular complexity index is 1310. The van der Waals surface area contributed by atoms with Crippen molar-refractivity contribution < 1.29 is 4.79 Å². The molecule has 3 N–H and O–H groups in total. The van der Waals surface area contributed by atoms with Gasteiger partial charge in [-0.1, -0.05) is 29.9 Å². The molecule has 2 aromatic carbocycles. The number of nitriles is 1. The second-order valence-corrected chi connectivity index (χ2v) is 9.88. The molecule has 35 heavy (non-hydrogen) atoms. The number of rotatable bonds is 4. The molecule has 3 aliphatic rings. The maximum atomic E-state index is 13.2. The number of hydrogen-bond donors (Lipinski definition) is 3. The molecule has 3 heterocycles. The smallest absolute Gasteiger partial charge is 0.231 e. The lowest BCUT2D eigenvalue weighted by atomic mass is 9.92. The quantitative estimate of drug-likeness (QED) is 0.602. The summed E-state index contributed by atoms with van der Waals surface area (Å²) in [6.45, 7) is 7.29. The lowest BCUT2D eigenvalue weighted by Crippen LogP contribution is -2.49. The first-order valence-corrected chi connectivity index (χ1v) is 12.6. The van der Waals surface area contributed by atoms with Gasteiger partial charge < -0.3 is 20.9 Å². The first-order valence-electron chi connectivity index (χ1n) is 12.6. The lowest BCUT2D eigenvalue weighted by Gasteiger charge is -2.36. The number of carbonyl (C=O) groups excluding carboxylic acids is 1. The number of hydrogen-bond acceptors (Lipinski definition) is 5. The lowest BCUT2D eigenvalue weighted by molar-refractivity contribution is -0.135. The predicted octanol–water partition coefficient (Wildman–Crippen LogP) is 2.30. The van der Waals surface area contributed by atoms with Crippen LogP contribution in [0.15, 0.2) is 48.0 Å². The van der Waals surface area contributed by atoms with Crippen LogP contribution in [0.5, 0.6) is 0 Å². The third-order valence-electron chi connectivity index (χ3n) is 7.39. The topological polar surface area (TPSA) is 80.2 Å². The first kappa shape index (κ1) is 23.2. The molecule has 0 saturated carbocycles. The third-order valence-corrected chi connectivity index (χ3v) is 7.39. The molecule has 1 saturated heterocycles. The van der Waals surface area contributed by atoms with Gasteiger partial charge in [0.2, 0.25) is 5.91 Å². The highest BCUT2D eigenvalue weighted by molar-refractivity contribution is 5.82. The van der Waals surface area contributed by atoms with Crippen molar-refractivity contribution in [2.24, 2.45) is 5.92 Å². The molecule has 6 heteroatoms. The van der Waals surface area contributed by atoms with E-state index in [1.54, 1.807) is 0 Å². The molecule has 1 amide bonds. The molecule has 5 rings (SSSR count). The number of anilines is 1. The van der Waals surface area contributed by atoms with Crippen LogP contribution in [0.1, 0.15) is 32.3 Å². The van der Waals surface area contributed by atoms with Crippen LogP contribution in [0.2, 0.25) is 0 Å². The second-order valence-electron chi connectivity index (χ2n) is 9.88. The van der Waals surface area contributed by atoms with E-state index in [0.29, 0.717) is 17.6 Å². The van der Waals surface area contributed by atoms with E-state index in [-0.39, 0.29) is 11.8 Å². The summed E-state index contributed by atoms with van der Waals surface area (Å²) in [5.41, 5.74) is 5.09. The standard InChI is InChI=1S/C29H33N5O/c1-19-12-20(2)32-18-26(19)29(35)34-10-7-25(8-11-34)33-28-15-24(14-23-6-9-31-17-27(23)28)22-5-3-4-21(13-22)16-30/h3-6,12-15,17,20,25-26,31-33H,7-11,18H2,1-2H3. The largest absolute Gasteiger partial charge is 0.387 e. The van der Waals surface area contributed by atoms with Crippen molar-refractivity contribution in [1.82, 2.24) is 15.5 Å². The maximum absolute atomic E-state index is 13.2. The maximum Gasteiger partial charge on any atom is 0.231 e. The van der Waals surface area contributed by atoms with E-state index >= 15 is 0 Å². The van der Waals surface area contributed by atoms with Gasteiger partial charge >= 0.3 is 0 Å². The SMILES string of the molecule is CC1=CC(C)NCC1C(=O)N1CCC(Nc2cc(-c3cccc(C#N)c3)cc3c2=CNCC=3)CC1. The predicted molar refractivity (Wildman–Crippen MR) is 141 cm³/mol. The molecule has 180 valence electrons. The number of likely N-dealkylation sites (tertiary alicyclic amines) is 1. The molecule has 3 aliphatic heterocycles. The van der Waals surface area contributed by atoms with Crippen molar-refractivity contribution in [3.05, 3.63) is 64.0 Å². The van der Waals surface area contributed by atoms with Crippen molar-refractivity contribution in [2.75, 3.05) is 31.5 Å². The Morgan fingerprint density at radius 1 is 1.17 bits per heavy atom. The monoisotopic (exact) mass is 467 g/mol. The highest BCUT2D eigenvalue weighted by atomic mass is 16.2. The number of piperidine rings is 1. The van der Waals surface area contributed by atoms with E-state index in [1.165, 1.54) is 10.8 Å². The molecule has 0 aliphatic carbocycles. The van der Waals surface area contributed by atoms with E-state index in [4.69, 9.17) is 0 Å². The Kier molecular flexibility index (Phi) is 6.61. The van der Waals surface area contributed by atoms with Crippen LogP contribution >= 0.6 is 0 Å². The average molecular weight is 468 g/mol. The normalized spacial score (nSPS) is 22.0. The fourth-order valence-corrected chi connectivity index (χ4v) is 5.39. The van der Waals surface area contributed by atoms with E-state index in [1.807, 2.05) is 23.1 Å². The van der Waals surface area contributed by atoms with Crippen LogP contribution < -0.4 is 26.4 Å². The van der Waals surface area contributed by atoms with Gasteiger partial charge in [0.1, 0.15) is 0 Å². The van der Waals surface area contributed by atoms with Crippen LogP contribution in [-0.4, -0.2) is 49.1 Å². The van der Waals surface area contributed by atoms with Crippen LogP contribution in [0.3, 0.4) is 0 Å². The van der Waals surface area contributed by atoms with Crippen molar-refractivity contribution in [3.8, 4) is 17.2 Å². The summed E-state index contributed by atoms with van der Waals surface area (Å²) in [4.78, 5) is 15.2. The first-order chi connectivity index (χ1) is 17.0. The summed E-state index contributed by atoms with van der Waals surface area (Å²) >= 11 is 0. The second kappa shape index (κ2) is 9.97. The van der Waals surface area contributed by atoms with Gasteiger partial charge in [0.25, 0.3) is 0 Å². The summed E-state index contributed by atoms with van der Waals surface area (Å²) in [5, 5.41) is 22.2. The number of nitrogens with zero attached hydrogens (tertiary/aromatic N) is 2. The van der Waals surface area contributed by atoms with Gasteiger partial charge in [-0.2, -0.15) is 5.26 Å². The van der Waals surface area contributed by atoms with Gasteiger partial charge in [-0.3, -0.25) is 4.79 Å². The molecular formula is C29H33N5O. The van der Waals surface area contributed by atoms with Crippen LogP contribution in [0.25, 0.3) is 23.4 Å². The number of fused-ring (bicyclic) bond motifs is 1. The Morgan fingerprint density at radius 2 is 2.00 bits per heavy atom. The summed E-state index contributed by atoms with van der Waals surface area (Å²) in [6, 6.07) is 15.0. The van der Waals surface area contributed by atoms with Gasteiger partial charge in [0.15, 0.2) is 0 Å². The molecule has 1 fully saturated rings. The fraction of sp³-hybridized carbons (Fsp3) is 0.379. The van der Waals surface area contributed by atoms with Crippen LogP contribution in [-0.2, 0) is 4.79 Å². The van der Waals surface area contributed by atoms with Crippen LogP contribution in [0, 0.1) is 17.2 Å². The van der Waals surface area contributed by atoms with E-state index in [0.717, 1.165) is 61.1 Å². The highest BCUT2D eigenvalue weighted by Gasteiger charge is 2.31. The molecule has 0 aromatic heterocycles. The Morgan fingerprint density at radius 3 is 2.77 bits per heavy atom. The number of benzene rings is 2. The molecular weight excluding hydrogens is 434 g/mol. The van der Waals surface area contributed by atoms with Gasteiger partial charge in [-0.25, -0.2) is 0 Å². The van der Waals surface area contributed by atoms with Crippen molar-refractivity contribution in [3.63, 3.8) is 0 Å². The Hall–Kier alpha value is -3.56. The van der Waals surface area contributed by atoms with E-state index in [2.05, 4.69) is 72.4 Å². The molecule has 0 radical (unpaired) electrons. The van der Waals surface area contributed by atoms with E-state index in [9.17, 15) is 10.1 Å². The summed E-state index contributed by atoms with van der Waals surface area (Å²) in [6.07, 6.45) is 8.30. The van der Waals surface area contributed by atoms with E-state index < -0.39 is 0 Å². The summed E-state index contributed by atoms with van der Waals surface area (Å²) in [7, 11) is 0. The number of nitrogens with one attached hydrogen (secondary N) is 3. The minimum absolute atomic E-state index is 0.0419. The zero-order valence-corrected chi connectivity index (χ0v) is 20.5. The van der Waals surface area contributed by atoms with Gasteiger partial charge in [0.05, 0.1) is 17.6 Å². The molecule has 0 spiro atoms. The summed E-state index contributed by atoms with van der Waals surface area (Å²) in [5.74, 6) is 0.209. The molecule has 2 aromatic rings. The van der Waals surface area contributed by atoms with Crippen molar-refractivity contribution >= 4 is 23.9 Å². The zero-order chi connectivity index (χ0) is 24.4. The van der Waals surface area contributed by atoms with Gasteiger partial charge in [-0.15, -0.1) is 0 Å². The number of amides is 1. The van der Waals surface area contributed by atoms with Crippen LogP contribution in [0.4, 0.5) is 5.69 Å². The van der Waals surface area contributed by atoms with Gasteiger partial charge in [0, 0.05) is 55.4 Å². The molecule has 2 unspecified atom stereocenters. The van der Waals surface area contributed by atoms with Crippen molar-refractivity contribution in [2.45, 2.75) is 38.8 Å². The Balaban J connectivity index is 1.33. The zero-order valence-electron chi connectivity index (χ0n) is 20.5. The average Bonchev–Trinajstić information content (AvgIpc) is 2.89. The van der Waals surface area contributed by atoms with Crippen molar-refractivity contribution in [1.29, 1.82) is 5.26 Å². The fourth-order valence-electron chi connectivity index (χ4n) is 5.39. The molecule has 0 bridgehead atoms. The minimum Gasteiger partial charge on any atom is -0.387 e. The Labute approximate surface area is 207 Å². The third kappa shape index (κ3) is 4.96. The molecule has 2 atom stereocenters.